The van der Waals surface area contributed by atoms with E-state index in [0.29, 0.717) is 6.42 Å². The van der Waals surface area contributed by atoms with Crippen molar-refractivity contribution in [2.75, 3.05) is 0 Å². The first-order valence-corrected chi connectivity index (χ1v) is 7.78. The monoisotopic (exact) mass is 304 g/mol. The summed E-state index contributed by atoms with van der Waals surface area (Å²) in [5.74, 6) is -0.135. The van der Waals surface area contributed by atoms with Crippen LogP contribution in [0.25, 0.3) is 21.5 Å². The Kier molecular flexibility index (Phi) is 3.15. The van der Waals surface area contributed by atoms with E-state index >= 15 is 0 Å². The number of hydrogen-bond acceptors (Lipinski definition) is 3. The van der Waals surface area contributed by atoms with Crippen molar-refractivity contribution in [1.29, 1.82) is 0 Å². The van der Waals surface area contributed by atoms with Crippen LogP contribution in [0.3, 0.4) is 0 Å². The van der Waals surface area contributed by atoms with Gasteiger partial charge in [0.05, 0.1) is 0 Å². The van der Waals surface area contributed by atoms with Gasteiger partial charge in [0.2, 0.25) is 0 Å². The molecule has 0 amide bonds. The molecular formula is C20H16O3. The zero-order chi connectivity index (χ0) is 16.0. The average molecular weight is 304 g/mol. The highest BCUT2D eigenvalue weighted by Crippen LogP contribution is 2.36. The lowest BCUT2D eigenvalue weighted by atomic mass is 9.92. The molecule has 114 valence electrons. The van der Waals surface area contributed by atoms with Gasteiger partial charge >= 0.3 is 5.97 Å². The lowest BCUT2D eigenvalue weighted by Gasteiger charge is -2.14. The van der Waals surface area contributed by atoms with Crippen LogP contribution >= 0.6 is 0 Å². The number of aryl methyl sites for hydroxylation is 1. The standard InChI is InChI=1S/C20H16O3/c1-12(21)23-11-14-10-18-16(8-9-19(18)22)17-7-6-13-4-2-3-5-15(13)20(14)17/h2-7,10H,8-9,11H2,1H3. The van der Waals surface area contributed by atoms with Gasteiger partial charge in [-0.3, -0.25) is 9.59 Å². The fourth-order valence-electron chi connectivity index (χ4n) is 3.53. The number of ether oxygens (including phenoxy) is 1. The summed E-state index contributed by atoms with van der Waals surface area (Å²) in [6.45, 7) is 1.60. The number of esters is 1. The van der Waals surface area contributed by atoms with Crippen LogP contribution in [0.5, 0.6) is 0 Å². The van der Waals surface area contributed by atoms with E-state index in [1.54, 1.807) is 0 Å². The van der Waals surface area contributed by atoms with E-state index in [4.69, 9.17) is 4.74 Å². The van der Waals surface area contributed by atoms with Crippen LogP contribution < -0.4 is 0 Å². The summed E-state index contributed by atoms with van der Waals surface area (Å²) < 4.78 is 5.23. The molecule has 3 aromatic rings. The van der Waals surface area contributed by atoms with E-state index in [0.717, 1.165) is 44.7 Å². The highest BCUT2D eigenvalue weighted by molar-refractivity contribution is 6.14. The molecule has 0 saturated heterocycles. The average Bonchev–Trinajstić information content (AvgIpc) is 2.93. The van der Waals surface area contributed by atoms with Crippen molar-refractivity contribution in [3.05, 3.63) is 59.2 Å². The minimum atomic E-state index is -0.315. The van der Waals surface area contributed by atoms with Gasteiger partial charge in [0.1, 0.15) is 6.61 Å². The second-order valence-corrected chi connectivity index (χ2v) is 5.97. The Morgan fingerprint density at radius 3 is 2.74 bits per heavy atom. The summed E-state index contributed by atoms with van der Waals surface area (Å²) in [5, 5.41) is 4.48. The summed E-state index contributed by atoms with van der Waals surface area (Å²) in [6.07, 6.45) is 1.35. The van der Waals surface area contributed by atoms with Crippen LogP contribution in [0.2, 0.25) is 0 Å². The molecule has 0 aromatic heterocycles. The number of fused-ring (bicyclic) bond motifs is 5. The van der Waals surface area contributed by atoms with Crippen molar-refractivity contribution in [3.8, 4) is 0 Å². The van der Waals surface area contributed by atoms with Crippen molar-refractivity contribution in [2.45, 2.75) is 26.4 Å². The van der Waals surface area contributed by atoms with Crippen LogP contribution in [0.4, 0.5) is 0 Å². The second-order valence-electron chi connectivity index (χ2n) is 5.97. The minimum absolute atomic E-state index is 0.180. The fraction of sp³-hybridized carbons (Fsp3) is 0.200. The molecule has 1 aliphatic carbocycles. The molecule has 0 spiro atoms. The molecule has 0 unspecified atom stereocenters. The predicted octanol–water partition coefficient (Wildman–Crippen LogP) is 4.19. The first-order valence-electron chi connectivity index (χ1n) is 7.78. The van der Waals surface area contributed by atoms with Crippen LogP contribution in [-0.4, -0.2) is 11.8 Å². The van der Waals surface area contributed by atoms with Gasteiger partial charge in [-0.1, -0.05) is 36.4 Å². The number of ketones is 1. The zero-order valence-corrected chi connectivity index (χ0v) is 12.9. The summed E-state index contributed by atoms with van der Waals surface area (Å²) >= 11 is 0. The van der Waals surface area contributed by atoms with Crippen LogP contribution in [0.15, 0.2) is 42.5 Å². The summed E-state index contributed by atoms with van der Waals surface area (Å²) in [5.41, 5.74) is 2.82. The molecule has 0 fully saturated rings. The molecule has 0 radical (unpaired) electrons. The third-order valence-electron chi connectivity index (χ3n) is 4.55. The van der Waals surface area contributed by atoms with Crippen LogP contribution in [0, 0.1) is 0 Å². The SMILES string of the molecule is CC(=O)OCc1cc2c(c3ccc4ccccc4c13)CCC2=O. The Balaban J connectivity index is 2.08. The Hall–Kier alpha value is -2.68. The summed E-state index contributed by atoms with van der Waals surface area (Å²) in [6, 6.07) is 14.3. The first-order chi connectivity index (χ1) is 11.1. The number of rotatable bonds is 2. The molecule has 0 N–H and O–H groups in total. The Bertz CT molecular complexity index is 969. The van der Waals surface area contributed by atoms with Gasteiger partial charge in [-0.15, -0.1) is 0 Å². The molecule has 1 aliphatic rings. The normalized spacial score (nSPS) is 13.5. The van der Waals surface area contributed by atoms with Gasteiger partial charge in [-0.25, -0.2) is 0 Å². The topological polar surface area (TPSA) is 43.4 Å². The van der Waals surface area contributed by atoms with Crippen molar-refractivity contribution in [2.24, 2.45) is 0 Å². The maximum absolute atomic E-state index is 12.2. The molecule has 3 aromatic carbocycles. The van der Waals surface area contributed by atoms with Gasteiger partial charge in [-0.05, 0) is 45.2 Å². The first kappa shape index (κ1) is 13.9. The van der Waals surface area contributed by atoms with Gasteiger partial charge in [0.15, 0.2) is 5.78 Å². The molecule has 0 atom stereocenters. The van der Waals surface area contributed by atoms with E-state index < -0.39 is 0 Å². The van der Waals surface area contributed by atoms with Gasteiger partial charge in [0.25, 0.3) is 0 Å². The fourth-order valence-corrected chi connectivity index (χ4v) is 3.53. The number of Topliss-reactive ketones (excluding diaryl/α,β-unsaturated/α-hetero) is 1. The highest BCUT2D eigenvalue weighted by atomic mass is 16.5. The maximum atomic E-state index is 12.2. The maximum Gasteiger partial charge on any atom is 0.302 e. The van der Waals surface area contributed by atoms with E-state index in [-0.39, 0.29) is 18.4 Å². The lowest BCUT2D eigenvalue weighted by molar-refractivity contribution is -0.142. The summed E-state index contributed by atoms with van der Waals surface area (Å²) in [7, 11) is 0. The van der Waals surface area contributed by atoms with Crippen molar-refractivity contribution < 1.29 is 14.3 Å². The van der Waals surface area contributed by atoms with E-state index in [1.165, 1.54) is 6.92 Å². The van der Waals surface area contributed by atoms with Gasteiger partial charge < -0.3 is 4.74 Å². The third-order valence-corrected chi connectivity index (χ3v) is 4.55. The smallest absolute Gasteiger partial charge is 0.302 e. The quantitative estimate of drug-likeness (QED) is 0.527. The Labute approximate surface area is 133 Å². The van der Waals surface area contributed by atoms with E-state index in [2.05, 4.69) is 24.3 Å². The minimum Gasteiger partial charge on any atom is -0.461 e. The predicted molar refractivity (Wildman–Crippen MR) is 89.6 cm³/mol. The zero-order valence-electron chi connectivity index (χ0n) is 12.9. The largest absolute Gasteiger partial charge is 0.461 e. The molecule has 0 saturated carbocycles. The van der Waals surface area contributed by atoms with Gasteiger partial charge in [-0.2, -0.15) is 0 Å². The second kappa shape index (κ2) is 5.20. The van der Waals surface area contributed by atoms with Crippen molar-refractivity contribution in [1.82, 2.24) is 0 Å². The van der Waals surface area contributed by atoms with Crippen LogP contribution in [0.1, 0.15) is 34.8 Å². The number of benzene rings is 3. The molecule has 23 heavy (non-hydrogen) atoms. The molecule has 0 bridgehead atoms. The number of carbonyl (C=O) groups is 2. The molecule has 0 heterocycles. The molecular weight excluding hydrogens is 288 g/mol. The number of carbonyl (C=O) groups excluding carboxylic acids is 2. The summed E-state index contributed by atoms with van der Waals surface area (Å²) in [4.78, 5) is 23.4. The van der Waals surface area contributed by atoms with Gasteiger partial charge in [0, 0.05) is 18.9 Å². The van der Waals surface area contributed by atoms with Crippen molar-refractivity contribution in [3.63, 3.8) is 0 Å². The highest BCUT2D eigenvalue weighted by Gasteiger charge is 2.24. The Morgan fingerprint density at radius 1 is 1.09 bits per heavy atom. The lowest BCUT2D eigenvalue weighted by Crippen LogP contribution is -2.02. The third kappa shape index (κ3) is 2.20. The van der Waals surface area contributed by atoms with E-state index in [1.807, 2.05) is 18.2 Å². The molecule has 3 nitrogen and oxygen atoms in total. The van der Waals surface area contributed by atoms with Crippen LogP contribution in [-0.2, 0) is 22.6 Å². The van der Waals surface area contributed by atoms with E-state index in [9.17, 15) is 9.59 Å². The molecule has 0 aliphatic heterocycles. The molecule has 3 heteroatoms. The number of hydrogen-bond donors (Lipinski definition) is 0. The molecule has 4 rings (SSSR count). The van der Waals surface area contributed by atoms with Crippen molar-refractivity contribution >= 4 is 33.3 Å². The Morgan fingerprint density at radius 2 is 1.91 bits per heavy atom.